The van der Waals surface area contributed by atoms with Crippen LogP contribution in [0.2, 0.25) is 0 Å². The lowest BCUT2D eigenvalue weighted by Crippen LogP contribution is -1.84. The van der Waals surface area contributed by atoms with Gasteiger partial charge in [0.1, 0.15) is 11.6 Å². The summed E-state index contributed by atoms with van der Waals surface area (Å²) in [6.07, 6.45) is 4.28. The Balaban J connectivity index is 1.84. The number of hydrogen-bond donors (Lipinski definition) is 0. The normalized spacial score (nSPS) is 10.6. The summed E-state index contributed by atoms with van der Waals surface area (Å²) in [5.41, 5.74) is 1.05. The van der Waals surface area contributed by atoms with Crippen LogP contribution in [0.15, 0.2) is 66.9 Å². The van der Waals surface area contributed by atoms with Crippen LogP contribution in [0.4, 0.5) is 4.39 Å². The van der Waals surface area contributed by atoms with Gasteiger partial charge in [-0.3, -0.25) is 0 Å². The molecule has 0 spiro atoms. The van der Waals surface area contributed by atoms with E-state index in [0.717, 1.165) is 17.7 Å². The number of allylic oxidation sites excluding steroid dienone is 1. The first-order chi connectivity index (χ1) is 8.34. The summed E-state index contributed by atoms with van der Waals surface area (Å²) < 4.78 is 18.1. The first-order valence-corrected chi connectivity index (χ1v) is 5.46. The Morgan fingerprint density at radius 1 is 0.941 bits per heavy atom. The Morgan fingerprint density at radius 2 is 1.65 bits per heavy atom. The monoisotopic (exact) mass is 228 g/mol. The zero-order chi connectivity index (χ0) is 11.9. The van der Waals surface area contributed by atoms with E-state index in [9.17, 15) is 4.39 Å². The molecule has 2 heteroatoms. The molecule has 0 unspecified atom stereocenters. The number of ether oxygens (including phenoxy) is 1. The molecule has 0 N–H and O–H groups in total. The molecule has 0 saturated carbocycles. The van der Waals surface area contributed by atoms with Crippen LogP contribution in [-0.2, 0) is 6.42 Å². The van der Waals surface area contributed by atoms with Gasteiger partial charge in [0, 0.05) is 0 Å². The molecule has 0 bridgehead atoms. The number of para-hydroxylation sites is 1. The van der Waals surface area contributed by atoms with E-state index in [0.29, 0.717) is 0 Å². The van der Waals surface area contributed by atoms with Gasteiger partial charge in [0.05, 0.1) is 6.26 Å². The fourth-order valence-electron chi connectivity index (χ4n) is 1.43. The minimum Gasteiger partial charge on any atom is -0.465 e. The van der Waals surface area contributed by atoms with Crippen LogP contribution in [-0.4, -0.2) is 0 Å². The van der Waals surface area contributed by atoms with E-state index in [-0.39, 0.29) is 5.82 Å². The third-order valence-electron chi connectivity index (χ3n) is 2.31. The quantitative estimate of drug-likeness (QED) is 0.720. The van der Waals surface area contributed by atoms with E-state index < -0.39 is 0 Å². The minimum absolute atomic E-state index is 0.210. The number of benzene rings is 2. The molecule has 17 heavy (non-hydrogen) atoms. The fourth-order valence-corrected chi connectivity index (χ4v) is 1.43. The van der Waals surface area contributed by atoms with E-state index in [1.807, 2.05) is 36.4 Å². The Hall–Kier alpha value is -2.09. The van der Waals surface area contributed by atoms with Crippen LogP contribution >= 0.6 is 0 Å². The summed E-state index contributed by atoms with van der Waals surface area (Å²) in [4.78, 5) is 0. The lowest BCUT2D eigenvalue weighted by atomic mass is 10.1. The maximum absolute atomic E-state index is 12.7. The minimum atomic E-state index is -0.210. The SMILES string of the molecule is Fc1ccc(CC=COc2ccccc2)cc1. The van der Waals surface area contributed by atoms with Crippen LogP contribution < -0.4 is 4.74 Å². The smallest absolute Gasteiger partial charge is 0.126 e. The van der Waals surface area contributed by atoms with Crippen molar-refractivity contribution in [1.82, 2.24) is 0 Å². The number of halogens is 1. The summed E-state index contributed by atoms with van der Waals surface area (Å²) in [6.45, 7) is 0. The standard InChI is InChI=1S/C15H13FO/c16-14-10-8-13(9-11-14)5-4-12-17-15-6-2-1-3-7-15/h1-4,6-12H,5H2. The number of rotatable bonds is 4. The predicted molar refractivity (Wildman–Crippen MR) is 66.3 cm³/mol. The zero-order valence-electron chi connectivity index (χ0n) is 9.34. The molecule has 0 aliphatic heterocycles. The van der Waals surface area contributed by atoms with Crippen molar-refractivity contribution < 1.29 is 9.13 Å². The Bertz CT molecular complexity index is 474. The maximum Gasteiger partial charge on any atom is 0.126 e. The number of hydrogen-bond acceptors (Lipinski definition) is 1. The van der Waals surface area contributed by atoms with Crippen molar-refractivity contribution in [3.05, 3.63) is 78.3 Å². The van der Waals surface area contributed by atoms with Gasteiger partial charge in [-0.1, -0.05) is 30.3 Å². The second kappa shape index (κ2) is 5.85. The largest absolute Gasteiger partial charge is 0.465 e. The molecule has 0 saturated heterocycles. The topological polar surface area (TPSA) is 9.23 Å². The van der Waals surface area contributed by atoms with Gasteiger partial charge >= 0.3 is 0 Å². The summed E-state index contributed by atoms with van der Waals surface area (Å²) in [5, 5.41) is 0. The van der Waals surface area contributed by atoms with Gasteiger partial charge in [-0.25, -0.2) is 4.39 Å². The molecule has 0 fully saturated rings. The third-order valence-corrected chi connectivity index (χ3v) is 2.31. The summed E-state index contributed by atoms with van der Waals surface area (Å²) >= 11 is 0. The summed E-state index contributed by atoms with van der Waals surface area (Å²) in [6, 6.07) is 16.0. The first kappa shape index (κ1) is 11.4. The highest BCUT2D eigenvalue weighted by Gasteiger charge is 1.91. The molecule has 0 amide bonds. The van der Waals surface area contributed by atoms with Gasteiger partial charge < -0.3 is 4.74 Å². The highest BCUT2D eigenvalue weighted by atomic mass is 19.1. The van der Waals surface area contributed by atoms with Crippen LogP contribution in [0.25, 0.3) is 0 Å². The highest BCUT2D eigenvalue weighted by molar-refractivity contribution is 5.22. The molecule has 1 nitrogen and oxygen atoms in total. The lowest BCUT2D eigenvalue weighted by Gasteiger charge is -1.99. The maximum atomic E-state index is 12.7. The van der Waals surface area contributed by atoms with Crippen molar-refractivity contribution in [2.45, 2.75) is 6.42 Å². The predicted octanol–water partition coefficient (Wildman–Crippen LogP) is 3.96. The molecule has 0 aliphatic rings. The molecule has 0 heterocycles. The Labute approximate surface area is 100 Å². The van der Waals surface area contributed by atoms with Crippen molar-refractivity contribution in [2.75, 3.05) is 0 Å². The van der Waals surface area contributed by atoms with Gasteiger partial charge in [-0.2, -0.15) is 0 Å². The van der Waals surface area contributed by atoms with Gasteiger partial charge in [-0.05, 0) is 42.3 Å². The van der Waals surface area contributed by atoms with E-state index >= 15 is 0 Å². The van der Waals surface area contributed by atoms with Crippen LogP contribution in [0.3, 0.4) is 0 Å². The van der Waals surface area contributed by atoms with Crippen LogP contribution in [0.5, 0.6) is 5.75 Å². The first-order valence-electron chi connectivity index (χ1n) is 5.46. The Morgan fingerprint density at radius 3 is 2.35 bits per heavy atom. The van der Waals surface area contributed by atoms with Crippen molar-refractivity contribution in [3.63, 3.8) is 0 Å². The van der Waals surface area contributed by atoms with Gasteiger partial charge in [-0.15, -0.1) is 0 Å². The molecular formula is C15H13FO. The molecule has 2 aromatic rings. The molecule has 86 valence electrons. The van der Waals surface area contributed by atoms with Gasteiger partial charge in [0.15, 0.2) is 0 Å². The molecule has 2 aromatic carbocycles. The van der Waals surface area contributed by atoms with Crippen molar-refractivity contribution in [1.29, 1.82) is 0 Å². The molecular weight excluding hydrogens is 215 g/mol. The molecule has 0 aliphatic carbocycles. The van der Waals surface area contributed by atoms with Crippen molar-refractivity contribution in [2.24, 2.45) is 0 Å². The van der Waals surface area contributed by atoms with Gasteiger partial charge in [0.2, 0.25) is 0 Å². The van der Waals surface area contributed by atoms with Crippen molar-refractivity contribution in [3.8, 4) is 5.75 Å². The average molecular weight is 228 g/mol. The van der Waals surface area contributed by atoms with Crippen LogP contribution in [0.1, 0.15) is 5.56 Å². The summed E-state index contributed by atoms with van der Waals surface area (Å²) in [5.74, 6) is 0.598. The summed E-state index contributed by atoms with van der Waals surface area (Å²) in [7, 11) is 0. The zero-order valence-corrected chi connectivity index (χ0v) is 9.34. The second-order valence-corrected chi connectivity index (χ2v) is 3.63. The van der Waals surface area contributed by atoms with Crippen molar-refractivity contribution >= 4 is 0 Å². The lowest BCUT2D eigenvalue weighted by molar-refractivity contribution is 0.479. The van der Waals surface area contributed by atoms with E-state index in [4.69, 9.17) is 4.74 Å². The van der Waals surface area contributed by atoms with E-state index in [1.54, 1.807) is 18.4 Å². The Kier molecular flexibility index (Phi) is 3.92. The van der Waals surface area contributed by atoms with Gasteiger partial charge in [0.25, 0.3) is 0 Å². The molecule has 0 radical (unpaired) electrons. The average Bonchev–Trinajstić information content (AvgIpc) is 2.38. The molecule has 0 aromatic heterocycles. The van der Waals surface area contributed by atoms with Crippen LogP contribution in [0, 0.1) is 5.82 Å². The molecule has 2 rings (SSSR count). The second-order valence-electron chi connectivity index (χ2n) is 3.63. The fraction of sp³-hybridized carbons (Fsp3) is 0.0667. The van der Waals surface area contributed by atoms with E-state index in [2.05, 4.69) is 0 Å². The third kappa shape index (κ3) is 3.76. The van der Waals surface area contributed by atoms with E-state index in [1.165, 1.54) is 12.1 Å². The molecule has 0 atom stereocenters. The highest BCUT2D eigenvalue weighted by Crippen LogP contribution is 2.09.